The Morgan fingerprint density at radius 3 is 2.65 bits per heavy atom. The van der Waals surface area contributed by atoms with Crippen molar-refractivity contribution in [3.8, 4) is 17.4 Å². The summed E-state index contributed by atoms with van der Waals surface area (Å²) in [5, 5.41) is 31.8. The third-order valence-corrected chi connectivity index (χ3v) is 4.39. The van der Waals surface area contributed by atoms with E-state index in [0.29, 0.717) is 5.56 Å². The summed E-state index contributed by atoms with van der Waals surface area (Å²) in [5.74, 6) is -1.47. The van der Waals surface area contributed by atoms with Crippen LogP contribution >= 0.6 is 11.6 Å². The first-order chi connectivity index (χ1) is 14.8. The van der Waals surface area contributed by atoms with Gasteiger partial charge in [0.1, 0.15) is 28.2 Å². The largest absolute Gasteiger partial charge is 0.478 e. The Bertz CT molecular complexity index is 1270. The number of nitrogens with one attached hydrogen (secondary N) is 1. The van der Waals surface area contributed by atoms with Crippen molar-refractivity contribution in [2.45, 2.75) is 0 Å². The zero-order valence-corrected chi connectivity index (χ0v) is 16.3. The van der Waals surface area contributed by atoms with E-state index < -0.39 is 16.8 Å². The second-order valence-corrected chi connectivity index (χ2v) is 6.54. The SMILES string of the molecule is N#C/C(=C\c1ccc(-c2ccc(Cl)c([N+](=O)[O-])c2)o1)C(=O)Nc1cccc(C(=O)O)c1. The number of carboxylic acids is 1. The van der Waals surface area contributed by atoms with Crippen molar-refractivity contribution in [3.63, 3.8) is 0 Å². The van der Waals surface area contributed by atoms with Gasteiger partial charge in [0.15, 0.2) is 0 Å². The molecule has 0 bridgehead atoms. The summed E-state index contributed by atoms with van der Waals surface area (Å²) in [7, 11) is 0. The molecule has 0 saturated carbocycles. The zero-order valence-electron chi connectivity index (χ0n) is 15.5. The summed E-state index contributed by atoms with van der Waals surface area (Å²) in [6, 6.07) is 14.5. The van der Waals surface area contributed by atoms with Gasteiger partial charge in [-0.1, -0.05) is 17.7 Å². The van der Waals surface area contributed by atoms with E-state index in [1.54, 1.807) is 6.07 Å². The lowest BCUT2D eigenvalue weighted by molar-refractivity contribution is -0.384. The number of amides is 1. The number of carbonyl (C=O) groups excluding carboxylic acids is 1. The van der Waals surface area contributed by atoms with Crippen LogP contribution in [-0.4, -0.2) is 21.9 Å². The fraction of sp³-hybridized carbons (Fsp3) is 0. The van der Waals surface area contributed by atoms with Gasteiger partial charge in [-0.3, -0.25) is 14.9 Å². The van der Waals surface area contributed by atoms with Crippen LogP contribution in [0.15, 0.2) is 64.6 Å². The maximum absolute atomic E-state index is 12.4. The minimum atomic E-state index is -1.15. The van der Waals surface area contributed by atoms with Crippen molar-refractivity contribution >= 4 is 40.9 Å². The topological polar surface area (TPSA) is 146 Å². The van der Waals surface area contributed by atoms with Gasteiger partial charge in [-0.2, -0.15) is 5.26 Å². The van der Waals surface area contributed by atoms with Crippen LogP contribution < -0.4 is 5.32 Å². The number of anilines is 1. The van der Waals surface area contributed by atoms with Gasteiger partial charge in [0.05, 0.1) is 10.5 Å². The van der Waals surface area contributed by atoms with E-state index in [1.807, 2.05) is 0 Å². The lowest BCUT2D eigenvalue weighted by atomic mass is 10.1. The van der Waals surface area contributed by atoms with Crippen LogP contribution in [0, 0.1) is 21.4 Å². The van der Waals surface area contributed by atoms with Gasteiger partial charge in [0.25, 0.3) is 11.6 Å². The highest BCUT2D eigenvalue weighted by Crippen LogP contribution is 2.31. The lowest BCUT2D eigenvalue weighted by Gasteiger charge is -2.05. The van der Waals surface area contributed by atoms with Crippen LogP contribution in [0.3, 0.4) is 0 Å². The van der Waals surface area contributed by atoms with Crippen LogP contribution in [0.4, 0.5) is 11.4 Å². The standard InChI is InChI=1S/C21H12ClN3O6/c22-17-6-4-12(10-18(17)25(29)30)19-7-5-16(31-19)9-14(11-23)20(26)24-15-3-1-2-13(8-15)21(27)28/h1-10H,(H,24,26)(H,27,28)/b14-9+. The molecule has 10 heteroatoms. The van der Waals surface area contributed by atoms with Crippen molar-refractivity contribution in [1.82, 2.24) is 0 Å². The highest BCUT2D eigenvalue weighted by Gasteiger charge is 2.16. The van der Waals surface area contributed by atoms with Gasteiger partial charge in [0, 0.05) is 23.4 Å². The first-order valence-corrected chi connectivity index (χ1v) is 8.97. The number of nitriles is 1. The number of nitrogens with zero attached hydrogens (tertiary/aromatic N) is 2. The molecule has 0 aliphatic carbocycles. The Morgan fingerprint density at radius 2 is 1.97 bits per heavy atom. The summed E-state index contributed by atoms with van der Waals surface area (Å²) in [5.41, 5.74) is 0.00827. The molecule has 0 aliphatic heterocycles. The molecule has 154 valence electrons. The van der Waals surface area contributed by atoms with E-state index in [1.165, 1.54) is 60.7 Å². The summed E-state index contributed by atoms with van der Waals surface area (Å²) in [4.78, 5) is 33.8. The van der Waals surface area contributed by atoms with E-state index in [4.69, 9.17) is 21.1 Å². The minimum absolute atomic E-state index is 0.0177. The average molecular weight is 438 g/mol. The maximum atomic E-state index is 12.4. The molecular weight excluding hydrogens is 426 g/mol. The number of carboxylic acid groups (broad SMARTS) is 1. The Balaban J connectivity index is 1.83. The second-order valence-electron chi connectivity index (χ2n) is 6.14. The van der Waals surface area contributed by atoms with E-state index in [2.05, 4.69) is 5.32 Å². The smallest absolute Gasteiger partial charge is 0.335 e. The van der Waals surface area contributed by atoms with Crippen LogP contribution in [0.2, 0.25) is 5.02 Å². The Hall–Kier alpha value is -4.42. The number of nitro benzene ring substituents is 1. The number of halogens is 1. The molecule has 0 unspecified atom stereocenters. The number of aromatic carboxylic acids is 1. The Kier molecular flexibility index (Phi) is 6.14. The quantitative estimate of drug-likeness (QED) is 0.244. The number of hydrogen-bond donors (Lipinski definition) is 2. The van der Waals surface area contributed by atoms with Crippen molar-refractivity contribution in [1.29, 1.82) is 5.26 Å². The molecule has 0 aliphatic rings. The molecule has 3 aromatic rings. The number of nitro groups is 1. The second kappa shape index (κ2) is 8.94. The van der Waals surface area contributed by atoms with Crippen molar-refractivity contribution < 1.29 is 24.0 Å². The highest BCUT2D eigenvalue weighted by atomic mass is 35.5. The maximum Gasteiger partial charge on any atom is 0.335 e. The Morgan fingerprint density at radius 1 is 1.19 bits per heavy atom. The molecule has 1 aromatic heterocycles. The molecule has 1 amide bonds. The van der Waals surface area contributed by atoms with Crippen LogP contribution in [0.1, 0.15) is 16.1 Å². The molecule has 0 spiro atoms. The number of furan rings is 1. The van der Waals surface area contributed by atoms with Gasteiger partial charge in [-0.05, 0) is 42.5 Å². The third kappa shape index (κ3) is 4.95. The molecule has 1 heterocycles. The minimum Gasteiger partial charge on any atom is -0.478 e. The normalized spacial score (nSPS) is 10.9. The van der Waals surface area contributed by atoms with Gasteiger partial charge >= 0.3 is 5.97 Å². The number of carbonyl (C=O) groups is 2. The number of rotatable bonds is 6. The number of benzene rings is 2. The first kappa shape index (κ1) is 21.3. The Labute approximate surface area is 179 Å². The predicted octanol–water partition coefficient (Wildman–Crippen LogP) is 4.75. The molecular formula is C21H12ClN3O6. The zero-order chi connectivity index (χ0) is 22.5. The fourth-order valence-electron chi connectivity index (χ4n) is 2.61. The van der Waals surface area contributed by atoms with E-state index in [-0.39, 0.29) is 39.1 Å². The van der Waals surface area contributed by atoms with Gasteiger partial charge in [-0.15, -0.1) is 0 Å². The summed E-state index contributed by atoms with van der Waals surface area (Å²) < 4.78 is 5.58. The molecule has 31 heavy (non-hydrogen) atoms. The third-order valence-electron chi connectivity index (χ3n) is 4.07. The predicted molar refractivity (Wildman–Crippen MR) is 111 cm³/mol. The molecule has 0 saturated heterocycles. The summed E-state index contributed by atoms with van der Waals surface area (Å²) in [6.07, 6.45) is 1.20. The van der Waals surface area contributed by atoms with E-state index >= 15 is 0 Å². The average Bonchev–Trinajstić information content (AvgIpc) is 3.20. The lowest BCUT2D eigenvalue weighted by Crippen LogP contribution is -2.13. The molecule has 0 radical (unpaired) electrons. The summed E-state index contributed by atoms with van der Waals surface area (Å²) in [6.45, 7) is 0. The van der Waals surface area contributed by atoms with E-state index in [0.717, 1.165) is 0 Å². The van der Waals surface area contributed by atoms with Gasteiger partial charge in [-0.25, -0.2) is 4.79 Å². The van der Waals surface area contributed by atoms with E-state index in [9.17, 15) is 25.0 Å². The molecule has 2 N–H and O–H groups in total. The highest BCUT2D eigenvalue weighted by molar-refractivity contribution is 6.32. The van der Waals surface area contributed by atoms with Crippen LogP contribution in [-0.2, 0) is 4.79 Å². The molecule has 0 atom stereocenters. The van der Waals surface area contributed by atoms with Crippen molar-refractivity contribution in [2.24, 2.45) is 0 Å². The van der Waals surface area contributed by atoms with Gasteiger partial charge < -0.3 is 14.8 Å². The van der Waals surface area contributed by atoms with Gasteiger partial charge in [0.2, 0.25) is 0 Å². The molecule has 2 aromatic carbocycles. The van der Waals surface area contributed by atoms with Crippen LogP contribution in [0.25, 0.3) is 17.4 Å². The van der Waals surface area contributed by atoms with Crippen LogP contribution in [0.5, 0.6) is 0 Å². The molecule has 9 nitrogen and oxygen atoms in total. The summed E-state index contributed by atoms with van der Waals surface area (Å²) >= 11 is 5.81. The monoisotopic (exact) mass is 437 g/mol. The first-order valence-electron chi connectivity index (χ1n) is 8.59. The fourth-order valence-corrected chi connectivity index (χ4v) is 2.80. The number of hydrogen-bond acceptors (Lipinski definition) is 6. The molecule has 3 rings (SSSR count). The van der Waals surface area contributed by atoms with Crippen molar-refractivity contribution in [2.75, 3.05) is 5.32 Å². The molecule has 0 fully saturated rings. The van der Waals surface area contributed by atoms with Crippen molar-refractivity contribution in [3.05, 3.63) is 86.6 Å².